The second kappa shape index (κ2) is 4.65. The van der Waals surface area contributed by atoms with Crippen LogP contribution in [0.2, 0.25) is 10.0 Å². The minimum atomic E-state index is 0.135. The minimum absolute atomic E-state index is 0.135. The number of nitrogens with zero attached hydrogens (tertiary/aromatic N) is 2. The first kappa shape index (κ1) is 13.0. The Labute approximate surface area is 131 Å². The molecule has 4 rings (SSSR count). The average molecular weight is 319 g/mol. The Kier molecular flexibility index (Phi) is 2.88. The molecule has 5 heteroatoms. The van der Waals surface area contributed by atoms with Gasteiger partial charge in [-0.25, -0.2) is 4.98 Å². The van der Waals surface area contributed by atoms with E-state index in [1.807, 2.05) is 18.2 Å². The highest BCUT2D eigenvalue weighted by molar-refractivity contribution is 6.35. The number of fused-ring (bicyclic) bond motifs is 1. The van der Waals surface area contributed by atoms with Gasteiger partial charge in [-0.05, 0) is 43.2 Å². The molecule has 3 aromatic rings. The second-order valence-corrected chi connectivity index (χ2v) is 6.15. The summed E-state index contributed by atoms with van der Waals surface area (Å²) in [5.41, 5.74) is 2.46. The Balaban J connectivity index is 2.04. The molecule has 21 heavy (non-hydrogen) atoms. The van der Waals surface area contributed by atoms with Crippen LogP contribution < -0.4 is 0 Å². The number of phenols is 1. The van der Waals surface area contributed by atoms with Gasteiger partial charge in [-0.3, -0.25) is 0 Å². The molecule has 1 saturated carbocycles. The van der Waals surface area contributed by atoms with Gasteiger partial charge in [0.25, 0.3) is 0 Å². The number of aromatic hydroxyl groups is 1. The van der Waals surface area contributed by atoms with Crippen LogP contribution in [0.25, 0.3) is 22.4 Å². The van der Waals surface area contributed by atoms with Crippen LogP contribution in [0.5, 0.6) is 5.75 Å². The van der Waals surface area contributed by atoms with Gasteiger partial charge >= 0.3 is 0 Å². The molecule has 0 spiro atoms. The van der Waals surface area contributed by atoms with Crippen molar-refractivity contribution in [3.05, 3.63) is 46.4 Å². The summed E-state index contributed by atoms with van der Waals surface area (Å²) in [5, 5.41) is 11.4. The van der Waals surface area contributed by atoms with Crippen molar-refractivity contribution in [1.82, 2.24) is 9.55 Å². The monoisotopic (exact) mass is 318 g/mol. The molecule has 1 aliphatic rings. The summed E-state index contributed by atoms with van der Waals surface area (Å²) in [4.78, 5) is 4.67. The topological polar surface area (TPSA) is 38.1 Å². The minimum Gasteiger partial charge on any atom is -0.507 e. The lowest BCUT2D eigenvalue weighted by Gasteiger charge is -2.10. The standard InChI is InChI=1S/C16H12Cl2N2O/c17-9-4-7-11(14(21)8-9)16-19-13-3-1-2-12(18)15(13)20(16)10-5-6-10/h1-4,7-8,10,21H,5-6H2. The van der Waals surface area contributed by atoms with Gasteiger partial charge in [-0.15, -0.1) is 0 Å². The number of halogens is 2. The molecular formula is C16H12Cl2N2O. The highest BCUT2D eigenvalue weighted by Gasteiger charge is 2.30. The first-order valence-electron chi connectivity index (χ1n) is 6.80. The summed E-state index contributed by atoms with van der Waals surface area (Å²) >= 11 is 12.3. The predicted molar refractivity (Wildman–Crippen MR) is 85.1 cm³/mol. The number of hydrogen-bond acceptors (Lipinski definition) is 2. The molecule has 0 amide bonds. The molecule has 106 valence electrons. The van der Waals surface area contributed by atoms with E-state index in [0.717, 1.165) is 29.7 Å². The first-order chi connectivity index (χ1) is 10.1. The number of imidazole rings is 1. The average Bonchev–Trinajstić information content (AvgIpc) is 3.20. The maximum atomic E-state index is 10.2. The summed E-state index contributed by atoms with van der Waals surface area (Å²) in [6.45, 7) is 0. The highest BCUT2D eigenvalue weighted by Crippen LogP contribution is 2.44. The third-order valence-corrected chi connectivity index (χ3v) is 4.31. The van der Waals surface area contributed by atoms with Crippen LogP contribution >= 0.6 is 23.2 Å². The fourth-order valence-electron chi connectivity index (χ4n) is 2.68. The molecule has 0 radical (unpaired) electrons. The zero-order valence-corrected chi connectivity index (χ0v) is 12.6. The van der Waals surface area contributed by atoms with E-state index in [2.05, 4.69) is 9.55 Å². The third kappa shape index (κ3) is 2.08. The number of aromatic nitrogens is 2. The molecule has 1 N–H and O–H groups in total. The number of benzene rings is 2. The smallest absolute Gasteiger partial charge is 0.145 e. The molecule has 1 aromatic heterocycles. The van der Waals surface area contributed by atoms with Crippen LogP contribution in [0, 0.1) is 0 Å². The molecule has 1 heterocycles. The Bertz CT molecular complexity index is 853. The van der Waals surface area contributed by atoms with Gasteiger partial charge in [0.15, 0.2) is 0 Å². The van der Waals surface area contributed by atoms with Crippen molar-refractivity contribution < 1.29 is 5.11 Å². The molecule has 2 aromatic carbocycles. The van der Waals surface area contributed by atoms with Crippen molar-refractivity contribution in [1.29, 1.82) is 0 Å². The summed E-state index contributed by atoms with van der Waals surface area (Å²) < 4.78 is 2.14. The van der Waals surface area contributed by atoms with Crippen LogP contribution in [0.4, 0.5) is 0 Å². The summed E-state index contributed by atoms with van der Waals surface area (Å²) in [6.07, 6.45) is 2.22. The fourth-order valence-corrected chi connectivity index (χ4v) is 3.11. The van der Waals surface area contributed by atoms with Gasteiger partial charge in [0.2, 0.25) is 0 Å². The molecule has 0 atom stereocenters. The fraction of sp³-hybridized carbons (Fsp3) is 0.188. The van der Waals surface area contributed by atoms with E-state index < -0.39 is 0 Å². The van der Waals surface area contributed by atoms with Crippen LogP contribution in [0.1, 0.15) is 18.9 Å². The number of phenolic OH excluding ortho intramolecular Hbond substituents is 1. The van der Waals surface area contributed by atoms with Gasteiger partial charge in [0.05, 0.1) is 21.6 Å². The predicted octanol–water partition coefficient (Wildman–Crippen LogP) is 5.05. The number of para-hydroxylation sites is 1. The molecule has 1 aliphatic carbocycles. The van der Waals surface area contributed by atoms with Crippen LogP contribution in [0.15, 0.2) is 36.4 Å². The van der Waals surface area contributed by atoms with Crippen molar-refractivity contribution in [3.63, 3.8) is 0 Å². The van der Waals surface area contributed by atoms with Gasteiger partial charge in [0, 0.05) is 11.1 Å². The quantitative estimate of drug-likeness (QED) is 0.718. The SMILES string of the molecule is Oc1cc(Cl)ccc1-c1nc2cccc(Cl)c2n1C1CC1. The van der Waals surface area contributed by atoms with E-state index in [1.165, 1.54) is 6.07 Å². The Morgan fingerprint density at radius 1 is 1.14 bits per heavy atom. The maximum absolute atomic E-state index is 10.2. The van der Waals surface area contributed by atoms with Crippen molar-refractivity contribution in [2.45, 2.75) is 18.9 Å². The lowest BCUT2D eigenvalue weighted by Crippen LogP contribution is -1.98. The van der Waals surface area contributed by atoms with Crippen LogP contribution in [-0.4, -0.2) is 14.7 Å². The zero-order chi connectivity index (χ0) is 14.6. The lowest BCUT2D eigenvalue weighted by molar-refractivity contribution is 0.476. The normalized spacial score (nSPS) is 14.8. The van der Waals surface area contributed by atoms with Gasteiger partial charge in [-0.1, -0.05) is 29.3 Å². The number of rotatable bonds is 2. The summed E-state index contributed by atoms with van der Waals surface area (Å²) in [7, 11) is 0. The van der Waals surface area contributed by atoms with E-state index in [9.17, 15) is 5.11 Å². The molecule has 0 saturated heterocycles. The Morgan fingerprint density at radius 2 is 1.95 bits per heavy atom. The zero-order valence-electron chi connectivity index (χ0n) is 11.1. The van der Waals surface area contributed by atoms with E-state index in [4.69, 9.17) is 23.2 Å². The molecule has 3 nitrogen and oxygen atoms in total. The van der Waals surface area contributed by atoms with Crippen LogP contribution in [-0.2, 0) is 0 Å². The summed E-state index contributed by atoms with van der Waals surface area (Å²) in [5.74, 6) is 0.880. The lowest BCUT2D eigenvalue weighted by atomic mass is 10.2. The Morgan fingerprint density at radius 3 is 2.67 bits per heavy atom. The van der Waals surface area contributed by atoms with E-state index in [0.29, 0.717) is 21.7 Å². The highest BCUT2D eigenvalue weighted by atomic mass is 35.5. The van der Waals surface area contributed by atoms with Crippen molar-refractivity contribution in [2.75, 3.05) is 0 Å². The third-order valence-electron chi connectivity index (χ3n) is 3.77. The van der Waals surface area contributed by atoms with Gasteiger partial charge in [0.1, 0.15) is 11.6 Å². The van der Waals surface area contributed by atoms with Crippen molar-refractivity contribution >= 4 is 34.2 Å². The van der Waals surface area contributed by atoms with Gasteiger partial charge in [-0.2, -0.15) is 0 Å². The van der Waals surface area contributed by atoms with Gasteiger partial charge < -0.3 is 9.67 Å². The summed E-state index contributed by atoms with van der Waals surface area (Å²) in [6, 6.07) is 11.2. The largest absolute Gasteiger partial charge is 0.507 e. The van der Waals surface area contributed by atoms with Crippen molar-refractivity contribution in [2.24, 2.45) is 0 Å². The molecule has 0 unspecified atom stereocenters. The second-order valence-electron chi connectivity index (χ2n) is 5.31. The van der Waals surface area contributed by atoms with E-state index >= 15 is 0 Å². The molecule has 0 bridgehead atoms. The molecular weight excluding hydrogens is 307 g/mol. The van der Waals surface area contributed by atoms with Crippen LogP contribution in [0.3, 0.4) is 0 Å². The van der Waals surface area contributed by atoms with E-state index in [-0.39, 0.29) is 5.75 Å². The van der Waals surface area contributed by atoms with E-state index in [1.54, 1.807) is 12.1 Å². The van der Waals surface area contributed by atoms with Crippen molar-refractivity contribution in [3.8, 4) is 17.1 Å². The first-order valence-corrected chi connectivity index (χ1v) is 7.56. The molecule has 0 aliphatic heterocycles. The maximum Gasteiger partial charge on any atom is 0.145 e. The molecule has 1 fully saturated rings. The number of hydrogen-bond donors (Lipinski definition) is 1. The Hall–Kier alpha value is -1.71.